The number of thiazole rings is 1. The van der Waals surface area contributed by atoms with Gasteiger partial charge in [-0.25, -0.2) is 4.98 Å². The van der Waals surface area contributed by atoms with Gasteiger partial charge in [0.15, 0.2) is 0 Å². The van der Waals surface area contributed by atoms with E-state index < -0.39 is 0 Å². The highest BCUT2D eigenvalue weighted by Gasteiger charge is 2.20. The first-order chi connectivity index (χ1) is 7.68. The van der Waals surface area contributed by atoms with Gasteiger partial charge < -0.3 is 10.2 Å². The van der Waals surface area contributed by atoms with Crippen LogP contribution in [-0.4, -0.2) is 36.4 Å². The second kappa shape index (κ2) is 4.93. The van der Waals surface area contributed by atoms with E-state index >= 15 is 0 Å². The normalized spacial score (nSPS) is 20.8. The fraction of sp³-hybridized carbons (Fsp3) is 0.636. The van der Waals surface area contributed by atoms with Crippen molar-refractivity contribution in [3.05, 3.63) is 16.1 Å². The van der Waals surface area contributed by atoms with E-state index in [0.29, 0.717) is 6.04 Å². The summed E-state index contributed by atoms with van der Waals surface area (Å²) in [7, 11) is 3.53. The quantitative estimate of drug-likeness (QED) is 0.853. The number of hydrogen-bond donors (Lipinski definition) is 1. The summed E-state index contributed by atoms with van der Waals surface area (Å²) in [6, 6.07) is 0.350. The van der Waals surface area contributed by atoms with E-state index in [1.807, 2.05) is 0 Å². The highest BCUT2D eigenvalue weighted by atomic mass is 32.1. The van der Waals surface area contributed by atoms with E-state index in [1.165, 1.54) is 24.2 Å². The minimum atomic E-state index is 0.0413. The highest BCUT2D eigenvalue weighted by molar-refractivity contribution is 7.13. The molecular weight excluding hydrogens is 222 g/mol. The van der Waals surface area contributed by atoms with Gasteiger partial charge >= 0.3 is 0 Å². The van der Waals surface area contributed by atoms with Crippen LogP contribution in [0.4, 0.5) is 0 Å². The predicted octanol–water partition coefficient (Wildman–Crippen LogP) is 1.66. The van der Waals surface area contributed by atoms with Gasteiger partial charge in [-0.15, -0.1) is 11.3 Å². The van der Waals surface area contributed by atoms with Gasteiger partial charge in [0.2, 0.25) is 0 Å². The van der Waals surface area contributed by atoms with Gasteiger partial charge in [-0.2, -0.15) is 0 Å². The zero-order valence-corrected chi connectivity index (χ0v) is 10.5. The molecule has 0 saturated carbocycles. The standard InChI is InChI=1S/C11H17N3OS/c1-14(2)11(15)9-7-13-10(16-9)8-5-3-4-6-12-8/h7-8,12H,3-6H2,1-2H3. The highest BCUT2D eigenvalue weighted by Crippen LogP contribution is 2.26. The summed E-state index contributed by atoms with van der Waals surface area (Å²) in [4.78, 5) is 18.4. The smallest absolute Gasteiger partial charge is 0.265 e. The van der Waals surface area contributed by atoms with E-state index in [9.17, 15) is 4.79 Å². The Bertz CT molecular complexity index is 369. The fourth-order valence-corrected chi connectivity index (χ4v) is 2.88. The van der Waals surface area contributed by atoms with Crippen LogP contribution in [0.25, 0.3) is 0 Å². The maximum atomic E-state index is 11.7. The Hall–Kier alpha value is -0.940. The molecule has 1 atom stereocenters. The van der Waals surface area contributed by atoms with Crippen LogP contribution >= 0.6 is 11.3 Å². The average molecular weight is 239 g/mol. The molecule has 2 heterocycles. The number of carbonyl (C=O) groups is 1. The molecule has 2 rings (SSSR count). The van der Waals surface area contributed by atoms with Crippen molar-refractivity contribution in [2.24, 2.45) is 0 Å². The molecule has 88 valence electrons. The molecule has 1 amide bonds. The molecule has 1 aromatic heterocycles. The molecule has 4 nitrogen and oxygen atoms in total. The van der Waals surface area contributed by atoms with Crippen LogP contribution in [0, 0.1) is 0 Å². The SMILES string of the molecule is CN(C)C(=O)c1cnc(C2CCCCN2)s1. The average Bonchev–Trinajstić information content (AvgIpc) is 2.78. The molecule has 0 bridgehead atoms. The molecule has 1 fully saturated rings. The van der Waals surface area contributed by atoms with Crippen molar-refractivity contribution >= 4 is 17.2 Å². The monoisotopic (exact) mass is 239 g/mol. The molecule has 5 heteroatoms. The summed E-state index contributed by atoms with van der Waals surface area (Å²) in [6.07, 6.45) is 5.31. The second-order valence-corrected chi connectivity index (χ2v) is 5.33. The number of carbonyl (C=O) groups excluding carboxylic acids is 1. The number of rotatable bonds is 2. The molecule has 1 aliphatic rings. The van der Waals surface area contributed by atoms with Crippen LogP contribution in [-0.2, 0) is 0 Å². The molecule has 1 N–H and O–H groups in total. The first-order valence-electron chi connectivity index (χ1n) is 5.59. The van der Waals surface area contributed by atoms with Crippen molar-refractivity contribution in [3.63, 3.8) is 0 Å². The predicted molar refractivity (Wildman–Crippen MR) is 64.7 cm³/mol. The second-order valence-electron chi connectivity index (χ2n) is 4.26. The first-order valence-corrected chi connectivity index (χ1v) is 6.41. The Balaban J connectivity index is 2.09. The third-order valence-electron chi connectivity index (χ3n) is 2.75. The van der Waals surface area contributed by atoms with E-state index in [4.69, 9.17) is 0 Å². The summed E-state index contributed by atoms with van der Waals surface area (Å²) in [5, 5.41) is 4.49. The number of hydrogen-bond acceptors (Lipinski definition) is 4. The Labute approximate surface area is 99.7 Å². The van der Waals surface area contributed by atoms with Gasteiger partial charge in [0, 0.05) is 14.1 Å². The van der Waals surface area contributed by atoms with Crippen LogP contribution in [0.15, 0.2) is 6.20 Å². The lowest BCUT2D eigenvalue weighted by Gasteiger charge is -2.21. The van der Waals surface area contributed by atoms with Gasteiger partial charge in [0.05, 0.1) is 12.2 Å². The van der Waals surface area contributed by atoms with E-state index in [0.717, 1.165) is 22.9 Å². The number of piperidine rings is 1. The molecular formula is C11H17N3OS. The Morgan fingerprint density at radius 2 is 2.38 bits per heavy atom. The van der Waals surface area contributed by atoms with Crippen LogP contribution in [0.2, 0.25) is 0 Å². The lowest BCUT2D eigenvalue weighted by Crippen LogP contribution is -2.26. The summed E-state index contributed by atoms with van der Waals surface area (Å²) in [5.41, 5.74) is 0. The number of aromatic nitrogens is 1. The van der Waals surface area contributed by atoms with Crippen molar-refractivity contribution < 1.29 is 4.79 Å². The molecule has 1 unspecified atom stereocenters. The molecule has 0 aromatic carbocycles. The van der Waals surface area contributed by atoms with Crippen molar-refractivity contribution in [1.29, 1.82) is 0 Å². The molecule has 1 saturated heterocycles. The molecule has 1 aliphatic heterocycles. The first kappa shape index (κ1) is 11.5. The minimum Gasteiger partial charge on any atom is -0.344 e. The largest absolute Gasteiger partial charge is 0.344 e. The van der Waals surface area contributed by atoms with Gasteiger partial charge in [-0.1, -0.05) is 6.42 Å². The Morgan fingerprint density at radius 3 is 3.00 bits per heavy atom. The van der Waals surface area contributed by atoms with Crippen LogP contribution in [0.5, 0.6) is 0 Å². The zero-order valence-electron chi connectivity index (χ0n) is 9.69. The van der Waals surface area contributed by atoms with Gasteiger partial charge in [-0.3, -0.25) is 4.79 Å². The van der Waals surface area contributed by atoms with E-state index in [-0.39, 0.29) is 5.91 Å². The summed E-state index contributed by atoms with van der Waals surface area (Å²) < 4.78 is 0. The lowest BCUT2D eigenvalue weighted by atomic mass is 10.1. The molecule has 1 aromatic rings. The van der Waals surface area contributed by atoms with Gasteiger partial charge in [0.25, 0.3) is 5.91 Å². The third kappa shape index (κ3) is 2.41. The van der Waals surface area contributed by atoms with Crippen LogP contribution in [0.1, 0.15) is 40.0 Å². The lowest BCUT2D eigenvalue weighted by molar-refractivity contribution is 0.0832. The maximum Gasteiger partial charge on any atom is 0.265 e. The summed E-state index contributed by atoms with van der Waals surface area (Å²) >= 11 is 1.51. The number of amides is 1. The fourth-order valence-electron chi connectivity index (χ4n) is 1.83. The topological polar surface area (TPSA) is 45.2 Å². The van der Waals surface area contributed by atoms with Crippen LogP contribution in [0.3, 0.4) is 0 Å². The minimum absolute atomic E-state index is 0.0413. The van der Waals surface area contributed by atoms with E-state index in [2.05, 4.69) is 10.3 Å². The number of nitrogens with zero attached hydrogens (tertiary/aromatic N) is 2. The van der Waals surface area contributed by atoms with Crippen molar-refractivity contribution in [1.82, 2.24) is 15.2 Å². The molecule has 0 radical (unpaired) electrons. The summed E-state index contributed by atoms with van der Waals surface area (Å²) in [5.74, 6) is 0.0413. The van der Waals surface area contributed by atoms with Crippen molar-refractivity contribution in [2.45, 2.75) is 25.3 Å². The Kier molecular flexibility index (Phi) is 3.56. The molecule has 16 heavy (non-hydrogen) atoms. The van der Waals surface area contributed by atoms with Crippen LogP contribution < -0.4 is 5.32 Å². The third-order valence-corrected chi connectivity index (χ3v) is 3.85. The number of nitrogens with one attached hydrogen (secondary N) is 1. The Morgan fingerprint density at radius 1 is 1.56 bits per heavy atom. The molecule has 0 aliphatic carbocycles. The van der Waals surface area contributed by atoms with Gasteiger partial charge in [-0.05, 0) is 19.4 Å². The summed E-state index contributed by atoms with van der Waals surface area (Å²) in [6.45, 7) is 1.06. The van der Waals surface area contributed by atoms with Gasteiger partial charge in [0.1, 0.15) is 9.88 Å². The molecule has 0 spiro atoms. The van der Waals surface area contributed by atoms with Crippen molar-refractivity contribution in [3.8, 4) is 0 Å². The maximum absolute atomic E-state index is 11.7. The zero-order chi connectivity index (χ0) is 11.5. The van der Waals surface area contributed by atoms with Crippen molar-refractivity contribution in [2.75, 3.05) is 20.6 Å². The van der Waals surface area contributed by atoms with E-state index in [1.54, 1.807) is 25.2 Å².